The molecule has 1 aliphatic carbocycles. The molecule has 1 saturated carbocycles. The van der Waals surface area contributed by atoms with E-state index in [4.69, 9.17) is 4.74 Å². The van der Waals surface area contributed by atoms with Crippen LogP contribution >= 0.6 is 0 Å². The van der Waals surface area contributed by atoms with Crippen molar-refractivity contribution in [2.45, 2.75) is 51.6 Å². The number of methoxy groups -OCH3 is 1. The van der Waals surface area contributed by atoms with E-state index in [9.17, 15) is 10.1 Å². The zero-order chi connectivity index (χ0) is 12.9. The second-order valence-electron chi connectivity index (χ2n) is 5.40. The standard InChI is InChI=1S/C13H22N2O2/c1-12(2,17-3)10-15-11(16)13(9-14)7-5-4-6-8-13/h4-8,10H2,1-3H3,(H,15,16). The van der Waals surface area contributed by atoms with Gasteiger partial charge in [0.25, 0.3) is 0 Å². The molecule has 0 aromatic rings. The number of nitrogens with zero attached hydrogens (tertiary/aromatic N) is 1. The van der Waals surface area contributed by atoms with Crippen LogP contribution in [0, 0.1) is 16.7 Å². The van der Waals surface area contributed by atoms with Crippen molar-refractivity contribution in [2.75, 3.05) is 13.7 Å². The molecule has 4 nitrogen and oxygen atoms in total. The summed E-state index contributed by atoms with van der Waals surface area (Å²) in [5.41, 5.74) is -1.19. The highest BCUT2D eigenvalue weighted by Gasteiger charge is 2.40. The van der Waals surface area contributed by atoms with Gasteiger partial charge in [0, 0.05) is 13.7 Å². The quantitative estimate of drug-likeness (QED) is 0.814. The molecule has 0 aromatic heterocycles. The second-order valence-corrected chi connectivity index (χ2v) is 5.40. The SMILES string of the molecule is COC(C)(C)CNC(=O)C1(C#N)CCCCC1. The third-order valence-corrected chi connectivity index (χ3v) is 3.58. The molecular formula is C13H22N2O2. The first-order chi connectivity index (χ1) is 7.96. The Morgan fingerprint density at radius 1 is 1.41 bits per heavy atom. The van der Waals surface area contributed by atoms with Gasteiger partial charge < -0.3 is 10.1 Å². The van der Waals surface area contributed by atoms with E-state index in [2.05, 4.69) is 11.4 Å². The van der Waals surface area contributed by atoms with Gasteiger partial charge in [-0.05, 0) is 26.7 Å². The van der Waals surface area contributed by atoms with Gasteiger partial charge in [0.05, 0.1) is 11.7 Å². The zero-order valence-corrected chi connectivity index (χ0v) is 11.0. The molecule has 0 radical (unpaired) electrons. The Balaban J connectivity index is 2.59. The van der Waals surface area contributed by atoms with Crippen LogP contribution in [0.4, 0.5) is 0 Å². The molecule has 1 aliphatic rings. The Morgan fingerprint density at radius 2 is 2.00 bits per heavy atom. The predicted octanol–water partition coefficient (Wildman–Crippen LogP) is 2.00. The largest absolute Gasteiger partial charge is 0.377 e. The fraction of sp³-hybridized carbons (Fsp3) is 0.846. The van der Waals surface area contributed by atoms with Crippen molar-refractivity contribution < 1.29 is 9.53 Å². The van der Waals surface area contributed by atoms with Crippen molar-refractivity contribution in [1.29, 1.82) is 5.26 Å². The molecule has 4 heteroatoms. The first-order valence-electron chi connectivity index (χ1n) is 6.20. The molecule has 1 fully saturated rings. The molecule has 0 aliphatic heterocycles. The number of hydrogen-bond acceptors (Lipinski definition) is 3. The van der Waals surface area contributed by atoms with Crippen LogP contribution < -0.4 is 5.32 Å². The van der Waals surface area contributed by atoms with Crippen molar-refractivity contribution in [3.05, 3.63) is 0 Å². The summed E-state index contributed by atoms with van der Waals surface area (Å²) in [7, 11) is 1.62. The number of carbonyl (C=O) groups is 1. The monoisotopic (exact) mass is 238 g/mol. The van der Waals surface area contributed by atoms with E-state index in [0.29, 0.717) is 19.4 Å². The summed E-state index contributed by atoms with van der Waals surface area (Å²) >= 11 is 0. The summed E-state index contributed by atoms with van der Waals surface area (Å²) in [6.07, 6.45) is 4.43. The van der Waals surface area contributed by atoms with Crippen LogP contribution in [0.2, 0.25) is 0 Å². The number of hydrogen-bond donors (Lipinski definition) is 1. The number of nitrogens with one attached hydrogen (secondary N) is 1. The second kappa shape index (κ2) is 5.50. The molecule has 96 valence electrons. The van der Waals surface area contributed by atoms with Crippen LogP contribution in [0.5, 0.6) is 0 Å². The average Bonchev–Trinajstić information content (AvgIpc) is 2.37. The van der Waals surface area contributed by atoms with Gasteiger partial charge in [-0.2, -0.15) is 5.26 Å². The van der Waals surface area contributed by atoms with Crippen molar-refractivity contribution >= 4 is 5.91 Å². The van der Waals surface area contributed by atoms with E-state index >= 15 is 0 Å². The van der Waals surface area contributed by atoms with E-state index in [1.165, 1.54) is 0 Å². The van der Waals surface area contributed by atoms with E-state index in [1.807, 2.05) is 13.8 Å². The molecule has 1 rings (SSSR count). The topological polar surface area (TPSA) is 62.1 Å². The van der Waals surface area contributed by atoms with Crippen molar-refractivity contribution in [1.82, 2.24) is 5.32 Å². The van der Waals surface area contributed by atoms with Crippen LogP contribution in [-0.2, 0) is 9.53 Å². The van der Waals surface area contributed by atoms with E-state index in [-0.39, 0.29) is 11.5 Å². The smallest absolute Gasteiger partial charge is 0.240 e. The maximum Gasteiger partial charge on any atom is 0.240 e. The van der Waals surface area contributed by atoms with Crippen molar-refractivity contribution in [2.24, 2.45) is 5.41 Å². The molecule has 17 heavy (non-hydrogen) atoms. The summed E-state index contributed by atoms with van der Waals surface area (Å²) in [5, 5.41) is 12.1. The van der Waals surface area contributed by atoms with Crippen LogP contribution in [0.25, 0.3) is 0 Å². The Morgan fingerprint density at radius 3 is 2.47 bits per heavy atom. The number of carbonyl (C=O) groups excluding carboxylic acids is 1. The molecule has 0 spiro atoms. The Bertz CT molecular complexity index is 312. The van der Waals surface area contributed by atoms with Gasteiger partial charge in [-0.1, -0.05) is 19.3 Å². The van der Waals surface area contributed by atoms with Gasteiger partial charge in [-0.3, -0.25) is 4.79 Å². The lowest BCUT2D eigenvalue weighted by Gasteiger charge is -2.31. The van der Waals surface area contributed by atoms with E-state index < -0.39 is 5.41 Å². The molecular weight excluding hydrogens is 216 g/mol. The first kappa shape index (κ1) is 14.0. The Kier molecular flexibility index (Phi) is 4.53. The Labute approximate surface area is 103 Å². The molecule has 0 heterocycles. The predicted molar refractivity (Wildman–Crippen MR) is 65.2 cm³/mol. The molecule has 0 aromatic carbocycles. The van der Waals surface area contributed by atoms with Gasteiger partial charge in [-0.15, -0.1) is 0 Å². The molecule has 1 N–H and O–H groups in total. The van der Waals surface area contributed by atoms with Crippen molar-refractivity contribution in [3.63, 3.8) is 0 Å². The van der Waals surface area contributed by atoms with Gasteiger partial charge in [0.2, 0.25) is 5.91 Å². The summed E-state index contributed by atoms with van der Waals surface area (Å²) < 4.78 is 5.24. The maximum absolute atomic E-state index is 12.1. The summed E-state index contributed by atoms with van der Waals surface area (Å²) in [6.45, 7) is 4.26. The molecule has 0 atom stereocenters. The number of amides is 1. The number of ether oxygens (including phenoxy) is 1. The normalized spacial score (nSPS) is 19.4. The molecule has 1 amide bonds. The zero-order valence-electron chi connectivity index (χ0n) is 11.0. The summed E-state index contributed by atoms with van der Waals surface area (Å²) in [5.74, 6) is -0.134. The van der Waals surface area contributed by atoms with Crippen LogP contribution in [0.3, 0.4) is 0 Å². The molecule has 0 bridgehead atoms. The average molecular weight is 238 g/mol. The summed E-state index contributed by atoms with van der Waals surface area (Å²) in [6, 6.07) is 2.22. The van der Waals surface area contributed by atoms with E-state index in [1.54, 1.807) is 7.11 Å². The highest BCUT2D eigenvalue weighted by molar-refractivity contribution is 5.85. The van der Waals surface area contributed by atoms with Crippen molar-refractivity contribution in [3.8, 4) is 6.07 Å². The highest BCUT2D eigenvalue weighted by Crippen LogP contribution is 2.35. The number of rotatable bonds is 4. The lowest BCUT2D eigenvalue weighted by atomic mass is 9.74. The van der Waals surface area contributed by atoms with Crippen LogP contribution in [-0.4, -0.2) is 25.2 Å². The minimum Gasteiger partial charge on any atom is -0.377 e. The third kappa shape index (κ3) is 3.44. The number of nitriles is 1. The first-order valence-corrected chi connectivity index (χ1v) is 6.20. The van der Waals surface area contributed by atoms with Gasteiger partial charge in [0.15, 0.2) is 0 Å². The highest BCUT2D eigenvalue weighted by atomic mass is 16.5. The van der Waals surface area contributed by atoms with Gasteiger partial charge in [-0.25, -0.2) is 0 Å². The third-order valence-electron chi connectivity index (χ3n) is 3.58. The minimum absolute atomic E-state index is 0.134. The fourth-order valence-corrected chi connectivity index (χ4v) is 2.08. The fourth-order valence-electron chi connectivity index (χ4n) is 2.08. The van der Waals surface area contributed by atoms with E-state index in [0.717, 1.165) is 19.3 Å². The molecule has 0 unspecified atom stereocenters. The summed E-state index contributed by atoms with van der Waals surface area (Å²) in [4.78, 5) is 12.1. The van der Waals surface area contributed by atoms with Crippen LogP contribution in [0.15, 0.2) is 0 Å². The van der Waals surface area contributed by atoms with Crippen LogP contribution in [0.1, 0.15) is 46.0 Å². The minimum atomic E-state index is -0.804. The maximum atomic E-state index is 12.1. The Hall–Kier alpha value is -1.08. The lowest BCUT2D eigenvalue weighted by molar-refractivity contribution is -0.130. The van der Waals surface area contributed by atoms with Gasteiger partial charge in [0.1, 0.15) is 5.41 Å². The van der Waals surface area contributed by atoms with Gasteiger partial charge >= 0.3 is 0 Å². The lowest BCUT2D eigenvalue weighted by Crippen LogP contribution is -2.47. The molecule has 0 saturated heterocycles.